The van der Waals surface area contributed by atoms with Crippen LogP contribution in [0.4, 0.5) is 5.69 Å². The van der Waals surface area contributed by atoms with Crippen LogP contribution in [-0.2, 0) is 24.2 Å². The SMILES string of the molecule is Cc1ccc(NC(=O)COC(=O)C2(S(=O)(=O)c3ccccc3)CCCC2)cc1Cl. The maximum atomic E-state index is 13.2. The van der Waals surface area contributed by atoms with E-state index in [1.807, 2.05) is 6.92 Å². The topological polar surface area (TPSA) is 89.5 Å². The van der Waals surface area contributed by atoms with Crippen molar-refractivity contribution in [2.24, 2.45) is 0 Å². The van der Waals surface area contributed by atoms with Crippen molar-refractivity contribution in [3.05, 3.63) is 59.1 Å². The molecule has 29 heavy (non-hydrogen) atoms. The molecule has 2 aromatic carbocycles. The van der Waals surface area contributed by atoms with Crippen molar-refractivity contribution < 1.29 is 22.7 Å². The molecule has 6 nitrogen and oxygen atoms in total. The van der Waals surface area contributed by atoms with Gasteiger partial charge in [0.15, 0.2) is 21.2 Å². The Kier molecular flexibility index (Phi) is 6.29. The van der Waals surface area contributed by atoms with E-state index >= 15 is 0 Å². The summed E-state index contributed by atoms with van der Waals surface area (Å²) in [6.07, 6.45) is 1.57. The number of ether oxygens (including phenoxy) is 1. The highest BCUT2D eigenvalue weighted by molar-refractivity contribution is 7.93. The highest BCUT2D eigenvalue weighted by Gasteiger charge is 2.54. The predicted octanol–water partition coefficient (Wildman–Crippen LogP) is 3.92. The minimum absolute atomic E-state index is 0.0811. The second-order valence-electron chi connectivity index (χ2n) is 7.11. The van der Waals surface area contributed by atoms with E-state index in [1.54, 1.807) is 36.4 Å². The van der Waals surface area contributed by atoms with Gasteiger partial charge in [-0.05, 0) is 49.6 Å². The molecule has 0 saturated heterocycles. The van der Waals surface area contributed by atoms with E-state index in [4.69, 9.17) is 16.3 Å². The molecule has 0 heterocycles. The van der Waals surface area contributed by atoms with Crippen LogP contribution in [0.5, 0.6) is 0 Å². The van der Waals surface area contributed by atoms with Crippen LogP contribution in [0.3, 0.4) is 0 Å². The summed E-state index contributed by atoms with van der Waals surface area (Å²) in [5, 5.41) is 3.09. The van der Waals surface area contributed by atoms with Gasteiger partial charge in [0.05, 0.1) is 4.90 Å². The lowest BCUT2D eigenvalue weighted by molar-refractivity contribution is -0.149. The van der Waals surface area contributed by atoms with Crippen LogP contribution < -0.4 is 5.32 Å². The number of anilines is 1. The summed E-state index contributed by atoms with van der Waals surface area (Å²) < 4.78 is 29.9. The van der Waals surface area contributed by atoms with Gasteiger partial charge in [0.25, 0.3) is 5.91 Å². The molecule has 1 aliphatic rings. The van der Waals surface area contributed by atoms with E-state index in [-0.39, 0.29) is 17.7 Å². The van der Waals surface area contributed by atoms with E-state index < -0.39 is 33.1 Å². The summed E-state index contributed by atoms with van der Waals surface area (Å²) in [6, 6.07) is 12.9. The number of aryl methyl sites for hydroxylation is 1. The molecule has 1 fully saturated rings. The Balaban J connectivity index is 1.72. The number of carbonyl (C=O) groups excluding carboxylic acids is 2. The minimum atomic E-state index is -3.94. The Morgan fingerprint density at radius 1 is 1.10 bits per heavy atom. The van der Waals surface area contributed by atoms with Crippen LogP contribution in [0.1, 0.15) is 31.2 Å². The van der Waals surface area contributed by atoms with Crippen molar-refractivity contribution in [1.29, 1.82) is 0 Å². The molecule has 1 amide bonds. The van der Waals surface area contributed by atoms with Crippen LogP contribution in [0.2, 0.25) is 5.02 Å². The number of nitrogens with one attached hydrogen (secondary N) is 1. The van der Waals surface area contributed by atoms with Gasteiger partial charge in [-0.15, -0.1) is 0 Å². The average molecular weight is 436 g/mol. The molecule has 1 aliphatic carbocycles. The molecule has 0 bridgehead atoms. The zero-order valence-electron chi connectivity index (χ0n) is 16.0. The normalized spacial score (nSPS) is 15.7. The van der Waals surface area contributed by atoms with Gasteiger partial charge >= 0.3 is 5.97 Å². The standard InChI is InChI=1S/C21H22ClNO5S/c1-15-9-10-16(13-18(15)22)23-19(24)14-28-20(25)21(11-5-6-12-21)29(26,27)17-7-3-2-4-8-17/h2-4,7-10,13H,5-6,11-12,14H2,1H3,(H,23,24). The zero-order valence-corrected chi connectivity index (χ0v) is 17.6. The summed E-state index contributed by atoms with van der Waals surface area (Å²) in [5.41, 5.74) is 1.33. The fraction of sp³-hybridized carbons (Fsp3) is 0.333. The Bertz CT molecular complexity index is 1010. The number of amides is 1. The van der Waals surface area contributed by atoms with Gasteiger partial charge in [-0.1, -0.05) is 48.7 Å². The molecule has 0 unspecified atom stereocenters. The Labute approximate surface area is 175 Å². The van der Waals surface area contributed by atoms with E-state index in [0.29, 0.717) is 23.6 Å². The van der Waals surface area contributed by atoms with Gasteiger partial charge in [0.1, 0.15) is 0 Å². The van der Waals surface area contributed by atoms with Gasteiger partial charge in [0.2, 0.25) is 0 Å². The van der Waals surface area contributed by atoms with Crippen molar-refractivity contribution in [1.82, 2.24) is 0 Å². The molecule has 0 spiro atoms. The number of sulfone groups is 1. The molecule has 3 rings (SSSR count). The summed E-state index contributed by atoms with van der Waals surface area (Å²) in [6.45, 7) is 1.26. The number of benzene rings is 2. The Hall–Kier alpha value is -2.38. The van der Waals surface area contributed by atoms with Gasteiger partial charge in [0, 0.05) is 10.7 Å². The van der Waals surface area contributed by atoms with Crippen LogP contribution >= 0.6 is 11.6 Å². The fourth-order valence-corrected chi connectivity index (χ4v) is 5.74. The predicted molar refractivity (Wildman–Crippen MR) is 111 cm³/mol. The first-order valence-corrected chi connectivity index (χ1v) is 11.2. The fourth-order valence-electron chi connectivity index (χ4n) is 3.48. The van der Waals surface area contributed by atoms with Crippen molar-refractivity contribution in [2.45, 2.75) is 42.2 Å². The highest BCUT2D eigenvalue weighted by atomic mass is 35.5. The van der Waals surface area contributed by atoms with E-state index in [1.165, 1.54) is 12.1 Å². The van der Waals surface area contributed by atoms with Crippen LogP contribution in [-0.4, -0.2) is 31.6 Å². The molecule has 0 aromatic heterocycles. The summed E-state index contributed by atoms with van der Waals surface area (Å²) in [5.74, 6) is -1.44. The second-order valence-corrected chi connectivity index (χ2v) is 9.77. The van der Waals surface area contributed by atoms with Gasteiger partial charge in [-0.25, -0.2) is 8.42 Å². The summed E-state index contributed by atoms with van der Waals surface area (Å²) in [4.78, 5) is 25.1. The molecule has 0 radical (unpaired) electrons. The lowest BCUT2D eigenvalue weighted by atomic mass is 10.1. The van der Waals surface area contributed by atoms with E-state index in [2.05, 4.69) is 5.32 Å². The van der Waals surface area contributed by atoms with Crippen molar-refractivity contribution >= 4 is 39.0 Å². The Morgan fingerprint density at radius 2 is 1.76 bits per heavy atom. The maximum absolute atomic E-state index is 13.2. The highest BCUT2D eigenvalue weighted by Crippen LogP contribution is 2.41. The second kappa shape index (κ2) is 8.55. The van der Waals surface area contributed by atoms with E-state index in [0.717, 1.165) is 5.56 Å². The molecule has 0 atom stereocenters. The molecule has 2 aromatic rings. The van der Waals surface area contributed by atoms with Crippen molar-refractivity contribution in [3.63, 3.8) is 0 Å². The summed E-state index contributed by atoms with van der Waals surface area (Å²) in [7, 11) is -3.94. The number of hydrogen-bond donors (Lipinski definition) is 1. The number of rotatable bonds is 6. The Morgan fingerprint density at radius 3 is 2.38 bits per heavy atom. The third kappa shape index (κ3) is 4.31. The first-order chi connectivity index (χ1) is 13.8. The molecule has 1 N–H and O–H groups in total. The first-order valence-electron chi connectivity index (χ1n) is 9.29. The minimum Gasteiger partial charge on any atom is -0.454 e. The van der Waals surface area contributed by atoms with Crippen LogP contribution in [0.15, 0.2) is 53.4 Å². The lowest BCUT2D eigenvalue weighted by Gasteiger charge is -2.26. The first kappa shape index (κ1) is 21.3. The maximum Gasteiger partial charge on any atom is 0.328 e. The van der Waals surface area contributed by atoms with Crippen LogP contribution in [0, 0.1) is 6.92 Å². The average Bonchev–Trinajstić information content (AvgIpc) is 3.21. The third-order valence-electron chi connectivity index (χ3n) is 5.14. The molecule has 8 heteroatoms. The number of halogens is 1. The summed E-state index contributed by atoms with van der Waals surface area (Å²) >= 11 is 6.03. The van der Waals surface area contributed by atoms with Gasteiger partial charge in [-0.3, -0.25) is 9.59 Å². The molecular weight excluding hydrogens is 414 g/mol. The molecule has 1 saturated carbocycles. The smallest absolute Gasteiger partial charge is 0.328 e. The number of esters is 1. The molecule has 154 valence electrons. The largest absolute Gasteiger partial charge is 0.454 e. The van der Waals surface area contributed by atoms with Gasteiger partial charge in [-0.2, -0.15) is 0 Å². The lowest BCUT2D eigenvalue weighted by Crippen LogP contribution is -2.46. The van der Waals surface area contributed by atoms with Crippen LogP contribution in [0.25, 0.3) is 0 Å². The molecular formula is C21H22ClNO5S. The van der Waals surface area contributed by atoms with E-state index in [9.17, 15) is 18.0 Å². The molecule has 0 aliphatic heterocycles. The zero-order chi connectivity index (χ0) is 21.1. The third-order valence-corrected chi connectivity index (χ3v) is 8.04. The monoisotopic (exact) mass is 435 g/mol. The van der Waals surface area contributed by atoms with Crippen molar-refractivity contribution in [3.8, 4) is 0 Å². The quantitative estimate of drug-likeness (QED) is 0.694. The van der Waals surface area contributed by atoms with Crippen molar-refractivity contribution in [2.75, 3.05) is 11.9 Å². The number of carbonyl (C=O) groups is 2. The van der Waals surface area contributed by atoms with Gasteiger partial charge < -0.3 is 10.1 Å². The number of hydrogen-bond acceptors (Lipinski definition) is 5.